The number of aromatic amines is 1. The number of benzene rings is 1. The van der Waals surface area contributed by atoms with Gasteiger partial charge in [0.25, 0.3) is 0 Å². The number of hydrogen-bond acceptors (Lipinski definition) is 2. The van der Waals surface area contributed by atoms with Crippen LogP contribution in [0.5, 0.6) is 0 Å². The molecule has 1 aromatic carbocycles. The molecule has 0 radical (unpaired) electrons. The molecule has 0 saturated heterocycles. The summed E-state index contributed by atoms with van der Waals surface area (Å²) < 4.78 is 36.2. The summed E-state index contributed by atoms with van der Waals surface area (Å²) in [5.41, 5.74) is 1.80. The quantitative estimate of drug-likeness (QED) is 0.859. The normalized spacial score (nSPS) is 13.7. The lowest BCUT2D eigenvalue weighted by atomic mass is 10.1. The van der Waals surface area contributed by atoms with Crippen LogP contribution in [0.1, 0.15) is 26.2 Å². The van der Waals surface area contributed by atoms with Gasteiger partial charge in [-0.1, -0.05) is 6.07 Å². The number of anilines is 1. The molecule has 104 valence electrons. The van der Waals surface area contributed by atoms with Crippen molar-refractivity contribution in [3.8, 4) is 0 Å². The molecule has 1 atom stereocenters. The number of hydrogen-bond donors (Lipinski definition) is 2. The first-order valence-electron chi connectivity index (χ1n) is 6.21. The van der Waals surface area contributed by atoms with Crippen molar-refractivity contribution in [2.24, 2.45) is 0 Å². The average molecular weight is 271 g/mol. The van der Waals surface area contributed by atoms with E-state index in [1.54, 1.807) is 6.20 Å². The Morgan fingerprint density at radius 2 is 2.16 bits per heavy atom. The third-order valence-electron chi connectivity index (χ3n) is 2.98. The van der Waals surface area contributed by atoms with E-state index in [-0.39, 0.29) is 12.5 Å². The zero-order valence-electron chi connectivity index (χ0n) is 10.6. The van der Waals surface area contributed by atoms with Gasteiger partial charge in [-0.05, 0) is 31.9 Å². The van der Waals surface area contributed by atoms with Crippen molar-refractivity contribution in [3.63, 3.8) is 0 Å². The second-order valence-corrected chi connectivity index (χ2v) is 4.69. The summed E-state index contributed by atoms with van der Waals surface area (Å²) in [6.45, 7) is 1.88. The van der Waals surface area contributed by atoms with Crippen LogP contribution in [0.15, 0.2) is 24.4 Å². The van der Waals surface area contributed by atoms with Gasteiger partial charge in [-0.3, -0.25) is 5.10 Å². The molecule has 0 spiro atoms. The second kappa shape index (κ2) is 5.50. The molecular formula is C13H16F3N3. The maximum absolute atomic E-state index is 12.1. The molecular weight excluding hydrogens is 255 g/mol. The van der Waals surface area contributed by atoms with Crippen LogP contribution in [0.3, 0.4) is 0 Å². The Morgan fingerprint density at radius 1 is 1.37 bits per heavy atom. The fraction of sp³-hybridized carbons (Fsp3) is 0.462. The van der Waals surface area contributed by atoms with Crippen molar-refractivity contribution in [1.82, 2.24) is 10.2 Å². The molecule has 0 aliphatic heterocycles. The molecule has 19 heavy (non-hydrogen) atoms. The number of nitrogens with zero attached hydrogens (tertiary/aromatic N) is 1. The molecule has 1 heterocycles. The Labute approximate surface area is 109 Å². The minimum atomic E-state index is -4.07. The number of H-pyrrole nitrogens is 1. The molecule has 0 amide bonds. The number of rotatable bonds is 5. The van der Waals surface area contributed by atoms with Gasteiger partial charge in [0.2, 0.25) is 0 Å². The van der Waals surface area contributed by atoms with Gasteiger partial charge in [-0.2, -0.15) is 18.3 Å². The zero-order valence-corrected chi connectivity index (χ0v) is 10.6. The van der Waals surface area contributed by atoms with Gasteiger partial charge >= 0.3 is 6.18 Å². The molecule has 6 heteroatoms. The topological polar surface area (TPSA) is 40.7 Å². The molecule has 3 nitrogen and oxygen atoms in total. The maximum Gasteiger partial charge on any atom is 0.389 e. The molecule has 0 aliphatic carbocycles. The first-order chi connectivity index (χ1) is 8.96. The average Bonchev–Trinajstić information content (AvgIpc) is 2.76. The highest BCUT2D eigenvalue weighted by Crippen LogP contribution is 2.25. The van der Waals surface area contributed by atoms with E-state index in [0.29, 0.717) is 6.42 Å². The van der Waals surface area contributed by atoms with Crippen molar-refractivity contribution in [1.29, 1.82) is 0 Å². The van der Waals surface area contributed by atoms with Crippen LogP contribution in [0.25, 0.3) is 10.9 Å². The summed E-state index contributed by atoms with van der Waals surface area (Å²) in [6, 6.07) is 5.67. The highest BCUT2D eigenvalue weighted by Gasteiger charge is 2.26. The Kier molecular flexibility index (Phi) is 3.97. The van der Waals surface area contributed by atoms with Crippen LogP contribution in [0, 0.1) is 0 Å². The van der Waals surface area contributed by atoms with Crippen molar-refractivity contribution in [2.75, 3.05) is 5.32 Å². The first kappa shape index (κ1) is 13.7. The lowest BCUT2D eigenvalue weighted by molar-refractivity contribution is -0.135. The Balaban J connectivity index is 1.92. The van der Waals surface area contributed by atoms with E-state index in [4.69, 9.17) is 0 Å². The smallest absolute Gasteiger partial charge is 0.382 e. The van der Waals surface area contributed by atoms with Crippen LogP contribution in [0.4, 0.5) is 18.9 Å². The molecule has 0 bridgehead atoms. The number of nitrogens with one attached hydrogen (secondary N) is 2. The number of alkyl halides is 3. The summed E-state index contributed by atoms with van der Waals surface area (Å²) in [7, 11) is 0. The molecule has 0 saturated carbocycles. The van der Waals surface area contributed by atoms with Crippen molar-refractivity contribution < 1.29 is 13.2 Å². The third kappa shape index (κ3) is 3.87. The zero-order chi connectivity index (χ0) is 13.9. The van der Waals surface area contributed by atoms with Crippen LogP contribution < -0.4 is 5.32 Å². The van der Waals surface area contributed by atoms with Gasteiger partial charge in [0.05, 0.1) is 11.7 Å². The maximum atomic E-state index is 12.1. The molecule has 0 aliphatic rings. The van der Waals surface area contributed by atoms with Crippen molar-refractivity contribution in [2.45, 2.75) is 38.4 Å². The number of halogens is 3. The van der Waals surface area contributed by atoms with Crippen LogP contribution >= 0.6 is 0 Å². The monoisotopic (exact) mass is 271 g/mol. The summed E-state index contributed by atoms with van der Waals surface area (Å²) in [6.07, 6.45) is -2.47. The lowest BCUT2D eigenvalue weighted by Crippen LogP contribution is -2.16. The molecule has 2 aromatic rings. The first-order valence-corrected chi connectivity index (χ1v) is 6.21. The molecule has 2 rings (SSSR count). The van der Waals surface area contributed by atoms with Crippen molar-refractivity contribution in [3.05, 3.63) is 24.4 Å². The minimum Gasteiger partial charge on any atom is -0.382 e. The highest BCUT2D eigenvalue weighted by molar-refractivity contribution is 5.90. The SMILES string of the molecule is CC(CCCC(F)(F)F)Nc1cccc2[nH]ncc12. The fourth-order valence-electron chi connectivity index (χ4n) is 2.04. The summed E-state index contributed by atoms with van der Waals surface area (Å²) in [5.74, 6) is 0. The molecule has 2 N–H and O–H groups in total. The highest BCUT2D eigenvalue weighted by atomic mass is 19.4. The van der Waals surface area contributed by atoms with Gasteiger partial charge in [0, 0.05) is 23.5 Å². The number of aromatic nitrogens is 2. The van der Waals surface area contributed by atoms with Crippen LogP contribution in [-0.4, -0.2) is 22.4 Å². The Morgan fingerprint density at radius 3 is 2.89 bits per heavy atom. The predicted octanol–water partition coefficient (Wildman–Crippen LogP) is 4.10. The Bertz CT molecular complexity index is 533. The molecule has 0 fully saturated rings. The predicted molar refractivity (Wildman–Crippen MR) is 69.1 cm³/mol. The van der Waals surface area contributed by atoms with Gasteiger partial charge in [-0.15, -0.1) is 0 Å². The van der Waals surface area contributed by atoms with E-state index in [2.05, 4.69) is 15.5 Å². The van der Waals surface area contributed by atoms with E-state index < -0.39 is 12.6 Å². The van der Waals surface area contributed by atoms with E-state index >= 15 is 0 Å². The summed E-state index contributed by atoms with van der Waals surface area (Å²) >= 11 is 0. The van der Waals surface area contributed by atoms with E-state index in [0.717, 1.165) is 16.6 Å². The van der Waals surface area contributed by atoms with Gasteiger partial charge in [0.15, 0.2) is 0 Å². The van der Waals surface area contributed by atoms with Crippen LogP contribution in [-0.2, 0) is 0 Å². The standard InChI is InChI=1S/C13H16F3N3/c1-9(4-3-7-13(14,15)16)18-11-5-2-6-12-10(11)8-17-19-12/h2,5-6,8-9,18H,3-4,7H2,1H3,(H,17,19). The summed E-state index contributed by atoms with van der Waals surface area (Å²) in [5, 5.41) is 11.0. The van der Waals surface area contributed by atoms with Crippen LogP contribution in [0.2, 0.25) is 0 Å². The van der Waals surface area contributed by atoms with Crippen molar-refractivity contribution >= 4 is 16.6 Å². The van der Waals surface area contributed by atoms with Gasteiger partial charge < -0.3 is 5.32 Å². The largest absolute Gasteiger partial charge is 0.389 e. The fourth-order valence-corrected chi connectivity index (χ4v) is 2.04. The van der Waals surface area contributed by atoms with Gasteiger partial charge in [-0.25, -0.2) is 0 Å². The lowest BCUT2D eigenvalue weighted by Gasteiger charge is -2.16. The van der Waals surface area contributed by atoms with E-state index in [9.17, 15) is 13.2 Å². The summed E-state index contributed by atoms with van der Waals surface area (Å²) in [4.78, 5) is 0. The third-order valence-corrected chi connectivity index (χ3v) is 2.98. The van der Waals surface area contributed by atoms with Gasteiger partial charge in [0.1, 0.15) is 0 Å². The van der Waals surface area contributed by atoms with E-state index in [1.165, 1.54) is 0 Å². The molecule has 1 unspecified atom stereocenters. The minimum absolute atomic E-state index is 0.0113. The second-order valence-electron chi connectivity index (χ2n) is 4.69. The Hall–Kier alpha value is -1.72. The number of fused-ring (bicyclic) bond motifs is 1. The van der Waals surface area contributed by atoms with E-state index in [1.807, 2.05) is 25.1 Å². The molecule has 1 aromatic heterocycles.